The van der Waals surface area contributed by atoms with E-state index in [2.05, 4.69) is 16.2 Å². The van der Waals surface area contributed by atoms with Crippen LogP contribution in [0.15, 0.2) is 42.5 Å². The van der Waals surface area contributed by atoms with Crippen molar-refractivity contribution < 1.29 is 19.0 Å². The molecule has 0 saturated carbocycles. The van der Waals surface area contributed by atoms with Gasteiger partial charge >= 0.3 is 0 Å². The van der Waals surface area contributed by atoms with Crippen molar-refractivity contribution in [1.82, 2.24) is 10.9 Å². The van der Waals surface area contributed by atoms with Gasteiger partial charge < -0.3 is 19.5 Å². The first-order chi connectivity index (χ1) is 12.7. The van der Waals surface area contributed by atoms with Crippen molar-refractivity contribution in [3.63, 3.8) is 0 Å². The average molecular weight is 357 g/mol. The fourth-order valence-corrected chi connectivity index (χ4v) is 3.01. The van der Waals surface area contributed by atoms with E-state index in [0.29, 0.717) is 29.4 Å². The number of carbonyl (C=O) groups excluding carboxylic acids is 1. The molecule has 1 aliphatic rings. The van der Waals surface area contributed by atoms with Crippen LogP contribution in [0, 0.1) is 0 Å². The minimum absolute atomic E-state index is 0.0897. The molecule has 7 heteroatoms. The monoisotopic (exact) mass is 357 g/mol. The molecule has 2 atom stereocenters. The first kappa shape index (κ1) is 18.0. The van der Waals surface area contributed by atoms with Gasteiger partial charge in [0, 0.05) is 23.9 Å². The fourth-order valence-electron chi connectivity index (χ4n) is 3.01. The molecule has 1 aliphatic heterocycles. The predicted octanol–water partition coefficient (Wildman–Crippen LogP) is 2.26. The summed E-state index contributed by atoms with van der Waals surface area (Å²) in [5.74, 6) is 1.33. The second-order valence-corrected chi connectivity index (χ2v) is 5.94. The Morgan fingerprint density at radius 2 is 1.65 bits per heavy atom. The second-order valence-electron chi connectivity index (χ2n) is 5.94. The third-order valence-electron chi connectivity index (χ3n) is 4.35. The molecule has 0 aromatic heterocycles. The lowest BCUT2D eigenvalue weighted by Crippen LogP contribution is -2.39. The lowest BCUT2D eigenvalue weighted by molar-refractivity contribution is -0.117. The van der Waals surface area contributed by atoms with Gasteiger partial charge in [-0.15, -0.1) is 0 Å². The Balaban J connectivity index is 1.70. The van der Waals surface area contributed by atoms with Crippen LogP contribution in [0.5, 0.6) is 17.2 Å². The summed E-state index contributed by atoms with van der Waals surface area (Å²) in [5, 5.41) is 2.90. The molecule has 1 saturated heterocycles. The molecule has 0 radical (unpaired) electrons. The number of benzene rings is 2. The molecule has 0 spiro atoms. The maximum Gasteiger partial charge on any atom is 0.242 e. The van der Waals surface area contributed by atoms with E-state index >= 15 is 0 Å². The standard InChI is InChI=1S/C19H23N3O4/c1-24-16-9-13(10-17(25-2)18(16)26-3)20-19(23)15-11-14(21-22-15)12-7-5-4-6-8-12/h4-10,14-15,21-22H,11H2,1-3H3,(H,20,23). The first-order valence-electron chi connectivity index (χ1n) is 8.33. The lowest BCUT2D eigenvalue weighted by Gasteiger charge is -2.16. The Hall–Kier alpha value is -2.77. The van der Waals surface area contributed by atoms with Gasteiger partial charge in [-0.2, -0.15) is 0 Å². The molecular formula is C19H23N3O4. The van der Waals surface area contributed by atoms with Crippen molar-refractivity contribution in [2.75, 3.05) is 26.6 Å². The summed E-state index contributed by atoms with van der Waals surface area (Å²) < 4.78 is 15.9. The number of methoxy groups -OCH3 is 3. The Morgan fingerprint density at radius 1 is 1.00 bits per heavy atom. The summed E-state index contributed by atoms with van der Waals surface area (Å²) in [4.78, 5) is 12.6. The summed E-state index contributed by atoms with van der Waals surface area (Å²) in [5.41, 5.74) is 7.95. The highest BCUT2D eigenvalue weighted by Gasteiger charge is 2.30. The minimum Gasteiger partial charge on any atom is -0.493 e. The average Bonchev–Trinajstić information content (AvgIpc) is 3.18. The molecule has 0 bridgehead atoms. The number of nitrogens with one attached hydrogen (secondary N) is 3. The summed E-state index contributed by atoms with van der Waals surface area (Å²) >= 11 is 0. The van der Waals surface area contributed by atoms with E-state index in [1.807, 2.05) is 30.3 Å². The highest BCUT2D eigenvalue weighted by atomic mass is 16.5. The third kappa shape index (κ3) is 3.74. The van der Waals surface area contributed by atoms with E-state index in [9.17, 15) is 4.79 Å². The first-order valence-corrected chi connectivity index (χ1v) is 8.33. The highest BCUT2D eigenvalue weighted by Crippen LogP contribution is 2.40. The summed E-state index contributed by atoms with van der Waals surface area (Å²) in [7, 11) is 4.61. The lowest BCUT2D eigenvalue weighted by atomic mass is 10.0. The van der Waals surface area contributed by atoms with Gasteiger partial charge in [0.05, 0.1) is 21.3 Å². The van der Waals surface area contributed by atoms with Gasteiger partial charge in [-0.3, -0.25) is 4.79 Å². The Bertz CT molecular complexity index is 742. The van der Waals surface area contributed by atoms with Gasteiger partial charge in [0.1, 0.15) is 6.04 Å². The Kier molecular flexibility index (Phi) is 5.60. The number of hydrazine groups is 1. The number of anilines is 1. The van der Waals surface area contributed by atoms with Gasteiger partial charge in [0.25, 0.3) is 0 Å². The van der Waals surface area contributed by atoms with Gasteiger partial charge in [0.2, 0.25) is 11.7 Å². The molecular weight excluding hydrogens is 334 g/mol. The Morgan fingerprint density at radius 3 is 2.23 bits per heavy atom. The topological polar surface area (TPSA) is 80.9 Å². The number of carbonyl (C=O) groups is 1. The van der Waals surface area contributed by atoms with E-state index < -0.39 is 0 Å². The van der Waals surface area contributed by atoms with Gasteiger partial charge in [0.15, 0.2) is 11.5 Å². The Labute approximate surface area is 152 Å². The number of ether oxygens (including phenoxy) is 3. The maximum atomic E-state index is 12.6. The molecule has 3 rings (SSSR count). The van der Waals surface area contributed by atoms with Crippen LogP contribution in [0.4, 0.5) is 5.69 Å². The number of rotatable bonds is 6. The van der Waals surface area contributed by atoms with Crippen LogP contribution in [-0.4, -0.2) is 33.3 Å². The van der Waals surface area contributed by atoms with Crippen molar-refractivity contribution in [3.8, 4) is 17.2 Å². The van der Waals surface area contributed by atoms with E-state index in [-0.39, 0.29) is 18.0 Å². The van der Waals surface area contributed by atoms with E-state index in [1.54, 1.807) is 12.1 Å². The van der Waals surface area contributed by atoms with Crippen LogP contribution in [0.1, 0.15) is 18.0 Å². The number of hydrogen-bond donors (Lipinski definition) is 3. The SMILES string of the molecule is COc1cc(NC(=O)C2CC(c3ccccc3)NN2)cc(OC)c1OC. The minimum atomic E-state index is -0.348. The normalized spacial score (nSPS) is 19.0. The van der Waals surface area contributed by atoms with Crippen LogP contribution in [0.3, 0.4) is 0 Å². The van der Waals surface area contributed by atoms with Gasteiger partial charge in [-0.1, -0.05) is 30.3 Å². The highest BCUT2D eigenvalue weighted by molar-refractivity contribution is 5.95. The predicted molar refractivity (Wildman–Crippen MR) is 98.6 cm³/mol. The van der Waals surface area contributed by atoms with Gasteiger partial charge in [-0.05, 0) is 12.0 Å². The van der Waals surface area contributed by atoms with E-state index in [4.69, 9.17) is 14.2 Å². The van der Waals surface area contributed by atoms with Crippen molar-refractivity contribution >= 4 is 11.6 Å². The molecule has 2 aromatic carbocycles. The van der Waals surface area contributed by atoms with Crippen LogP contribution < -0.4 is 30.4 Å². The quantitative estimate of drug-likeness (QED) is 0.736. The molecule has 2 aromatic rings. The second kappa shape index (κ2) is 8.07. The van der Waals surface area contributed by atoms with Crippen molar-refractivity contribution in [3.05, 3.63) is 48.0 Å². The molecule has 1 fully saturated rings. The molecule has 2 unspecified atom stereocenters. The van der Waals surface area contributed by atoms with Gasteiger partial charge in [-0.25, -0.2) is 10.9 Å². The van der Waals surface area contributed by atoms with Crippen LogP contribution in [0.25, 0.3) is 0 Å². The molecule has 0 aliphatic carbocycles. The largest absolute Gasteiger partial charge is 0.493 e. The zero-order valence-electron chi connectivity index (χ0n) is 15.0. The number of amides is 1. The molecule has 138 valence electrons. The van der Waals surface area contributed by atoms with Crippen molar-refractivity contribution in [1.29, 1.82) is 0 Å². The van der Waals surface area contributed by atoms with Crippen molar-refractivity contribution in [2.24, 2.45) is 0 Å². The van der Waals surface area contributed by atoms with Crippen LogP contribution >= 0.6 is 0 Å². The molecule has 1 amide bonds. The summed E-state index contributed by atoms with van der Waals surface area (Å²) in [6, 6.07) is 13.2. The smallest absolute Gasteiger partial charge is 0.242 e. The summed E-state index contributed by atoms with van der Waals surface area (Å²) in [6.45, 7) is 0. The maximum absolute atomic E-state index is 12.6. The third-order valence-corrected chi connectivity index (χ3v) is 4.35. The molecule has 1 heterocycles. The fraction of sp³-hybridized carbons (Fsp3) is 0.316. The zero-order chi connectivity index (χ0) is 18.5. The van der Waals surface area contributed by atoms with E-state index in [1.165, 1.54) is 21.3 Å². The van der Waals surface area contributed by atoms with E-state index in [0.717, 1.165) is 5.56 Å². The molecule has 7 nitrogen and oxygen atoms in total. The zero-order valence-corrected chi connectivity index (χ0v) is 15.0. The number of hydrogen-bond acceptors (Lipinski definition) is 6. The van der Waals surface area contributed by atoms with Crippen molar-refractivity contribution in [2.45, 2.75) is 18.5 Å². The summed E-state index contributed by atoms with van der Waals surface area (Å²) in [6.07, 6.45) is 0.653. The molecule has 26 heavy (non-hydrogen) atoms. The van der Waals surface area contributed by atoms with Crippen LogP contribution in [0.2, 0.25) is 0 Å². The molecule has 3 N–H and O–H groups in total. The van der Waals surface area contributed by atoms with Crippen LogP contribution in [-0.2, 0) is 4.79 Å².